The summed E-state index contributed by atoms with van der Waals surface area (Å²) in [6.07, 6.45) is 10.1. The molecule has 1 unspecified atom stereocenters. The Morgan fingerprint density at radius 2 is 1.91 bits per heavy atom. The Hall–Kier alpha value is -0.660. The molecule has 1 saturated heterocycles. The number of nitrogens with zero attached hydrogens (tertiary/aromatic N) is 1. The van der Waals surface area contributed by atoms with E-state index in [4.69, 9.17) is 4.74 Å². The Bertz CT molecular complexity index is 474. The highest BCUT2D eigenvalue weighted by Gasteiger charge is 2.29. The quantitative estimate of drug-likeness (QED) is 0.709. The van der Waals surface area contributed by atoms with Crippen LogP contribution in [0.5, 0.6) is 0 Å². The summed E-state index contributed by atoms with van der Waals surface area (Å²) in [6, 6.07) is 0. The molecule has 1 saturated carbocycles. The monoisotopic (exact) mass is 346 g/mol. The van der Waals surface area contributed by atoms with E-state index in [0.29, 0.717) is 32.3 Å². The zero-order valence-electron chi connectivity index (χ0n) is 14.1. The summed E-state index contributed by atoms with van der Waals surface area (Å²) < 4.78 is 30.4. The first kappa shape index (κ1) is 18.7. The summed E-state index contributed by atoms with van der Waals surface area (Å²) >= 11 is 0. The third-order valence-corrected chi connectivity index (χ3v) is 6.02. The minimum atomic E-state index is -3.20. The highest BCUT2D eigenvalue weighted by atomic mass is 32.2. The Morgan fingerprint density at radius 1 is 1.17 bits per heavy atom. The first-order valence-corrected chi connectivity index (χ1v) is 10.7. The van der Waals surface area contributed by atoms with Crippen LogP contribution in [0.4, 0.5) is 0 Å². The number of amides is 1. The topological polar surface area (TPSA) is 75.7 Å². The van der Waals surface area contributed by atoms with E-state index in [1.807, 2.05) is 0 Å². The number of nitrogens with one attached hydrogen (secondary N) is 1. The summed E-state index contributed by atoms with van der Waals surface area (Å²) in [6.45, 7) is 2.12. The van der Waals surface area contributed by atoms with Gasteiger partial charge in [0.05, 0.1) is 18.3 Å². The van der Waals surface area contributed by atoms with Gasteiger partial charge in [-0.15, -0.1) is 0 Å². The van der Waals surface area contributed by atoms with Crippen LogP contribution in [0.15, 0.2) is 0 Å². The predicted molar refractivity (Wildman–Crippen MR) is 89.6 cm³/mol. The predicted octanol–water partition coefficient (Wildman–Crippen LogP) is 1.51. The average molecular weight is 346 g/mol. The molecule has 2 aliphatic rings. The van der Waals surface area contributed by atoms with Crippen molar-refractivity contribution in [1.29, 1.82) is 0 Å². The number of hydrogen-bond donors (Lipinski definition) is 1. The molecule has 0 aromatic rings. The molecule has 0 spiro atoms. The van der Waals surface area contributed by atoms with E-state index in [1.54, 1.807) is 0 Å². The minimum absolute atomic E-state index is 0.0315. The Labute approximate surface area is 140 Å². The number of carbonyl (C=O) groups is 1. The van der Waals surface area contributed by atoms with Crippen molar-refractivity contribution < 1.29 is 17.9 Å². The van der Waals surface area contributed by atoms with Gasteiger partial charge in [-0.2, -0.15) is 0 Å². The standard InChI is InChI=1S/C16H30N2O4S/c1-23(20,21)18-11-5-7-14(13-18)16(19)17-10-6-12-22-15-8-3-2-4-9-15/h14-15H,2-13H2,1H3,(H,17,19). The lowest BCUT2D eigenvalue weighted by molar-refractivity contribution is -0.126. The second-order valence-electron chi connectivity index (χ2n) is 6.74. The molecule has 134 valence electrons. The van der Waals surface area contributed by atoms with Crippen molar-refractivity contribution in [2.24, 2.45) is 5.92 Å². The average Bonchev–Trinajstić information content (AvgIpc) is 2.54. The van der Waals surface area contributed by atoms with Crippen molar-refractivity contribution in [2.45, 2.75) is 57.5 Å². The molecule has 23 heavy (non-hydrogen) atoms. The molecule has 0 radical (unpaired) electrons. The van der Waals surface area contributed by atoms with Gasteiger partial charge in [0.1, 0.15) is 0 Å². The van der Waals surface area contributed by atoms with Crippen LogP contribution in [0.25, 0.3) is 0 Å². The fourth-order valence-corrected chi connectivity index (χ4v) is 4.28. The van der Waals surface area contributed by atoms with Crippen LogP contribution in [0.2, 0.25) is 0 Å². The third-order valence-electron chi connectivity index (χ3n) is 4.75. The SMILES string of the molecule is CS(=O)(=O)N1CCCC(C(=O)NCCCOC2CCCCC2)C1. The van der Waals surface area contributed by atoms with Gasteiger partial charge in [0, 0.05) is 26.2 Å². The molecule has 1 aliphatic carbocycles. The van der Waals surface area contributed by atoms with Crippen molar-refractivity contribution in [1.82, 2.24) is 9.62 Å². The van der Waals surface area contributed by atoms with Gasteiger partial charge in [-0.25, -0.2) is 12.7 Å². The van der Waals surface area contributed by atoms with Gasteiger partial charge in [0.15, 0.2) is 0 Å². The molecule has 0 aromatic heterocycles. The van der Waals surface area contributed by atoms with Gasteiger partial charge in [-0.05, 0) is 32.1 Å². The van der Waals surface area contributed by atoms with Crippen molar-refractivity contribution in [3.05, 3.63) is 0 Å². The molecule has 0 aromatic carbocycles. The fourth-order valence-electron chi connectivity index (χ4n) is 3.37. The second-order valence-corrected chi connectivity index (χ2v) is 8.72. The van der Waals surface area contributed by atoms with E-state index in [9.17, 15) is 13.2 Å². The normalized spacial score (nSPS) is 24.5. The van der Waals surface area contributed by atoms with E-state index in [-0.39, 0.29) is 11.8 Å². The van der Waals surface area contributed by atoms with Crippen LogP contribution in [0.3, 0.4) is 0 Å². The molecule has 7 heteroatoms. The van der Waals surface area contributed by atoms with Gasteiger partial charge in [0.2, 0.25) is 15.9 Å². The molecule has 1 aliphatic heterocycles. The van der Waals surface area contributed by atoms with Crippen LogP contribution in [0, 0.1) is 5.92 Å². The van der Waals surface area contributed by atoms with Crippen molar-refractivity contribution in [2.75, 3.05) is 32.5 Å². The summed E-state index contributed by atoms with van der Waals surface area (Å²) in [7, 11) is -3.20. The van der Waals surface area contributed by atoms with Crippen LogP contribution in [-0.2, 0) is 19.6 Å². The lowest BCUT2D eigenvalue weighted by Crippen LogP contribution is -2.45. The van der Waals surface area contributed by atoms with E-state index < -0.39 is 10.0 Å². The van der Waals surface area contributed by atoms with Gasteiger partial charge in [-0.1, -0.05) is 19.3 Å². The minimum Gasteiger partial charge on any atom is -0.378 e. The molecule has 1 heterocycles. The molecule has 1 atom stereocenters. The zero-order chi connectivity index (χ0) is 16.7. The molecule has 2 fully saturated rings. The van der Waals surface area contributed by atoms with Crippen LogP contribution < -0.4 is 5.32 Å². The molecule has 1 amide bonds. The lowest BCUT2D eigenvalue weighted by atomic mass is 9.98. The van der Waals surface area contributed by atoms with Crippen molar-refractivity contribution >= 4 is 15.9 Å². The highest BCUT2D eigenvalue weighted by Crippen LogP contribution is 2.20. The number of rotatable bonds is 7. The summed E-state index contributed by atoms with van der Waals surface area (Å²) in [5, 5.41) is 2.92. The fraction of sp³-hybridized carbons (Fsp3) is 0.938. The van der Waals surface area contributed by atoms with E-state index in [2.05, 4.69) is 5.32 Å². The first-order valence-electron chi connectivity index (χ1n) is 8.81. The van der Waals surface area contributed by atoms with Gasteiger partial charge in [-0.3, -0.25) is 4.79 Å². The lowest BCUT2D eigenvalue weighted by Gasteiger charge is -2.30. The summed E-state index contributed by atoms with van der Waals surface area (Å²) in [4.78, 5) is 12.2. The zero-order valence-corrected chi connectivity index (χ0v) is 14.9. The molecular formula is C16H30N2O4S. The number of sulfonamides is 1. The number of piperidine rings is 1. The van der Waals surface area contributed by atoms with Crippen LogP contribution >= 0.6 is 0 Å². The molecule has 1 N–H and O–H groups in total. The largest absolute Gasteiger partial charge is 0.378 e. The van der Waals surface area contributed by atoms with Gasteiger partial charge >= 0.3 is 0 Å². The van der Waals surface area contributed by atoms with Crippen LogP contribution in [-0.4, -0.2) is 57.2 Å². The van der Waals surface area contributed by atoms with E-state index in [0.717, 1.165) is 32.1 Å². The molecular weight excluding hydrogens is 316 g/mol. The Kier molecular flexibility index (Phi) is 7.30. The van der Waals surface area contributed by atoms with Gasteiger partial charge in [0.25, 0.3) is 0 Å². The Morgan fingerprint density at radius 3 is 2.61 bits per heavy atom. The van der Waals surface area contributed by atoms with Crippen molar-refractivity contribution in [3.63, 3.8) is 0 Å². The smallest absolute Gasteiger partial charge is 0.224 e. The molecule has 2 rings (SSSR count). The molecule has 6 nitrogen and oxygen atoms in total. The van der Waals surface area contributed by atoms with Crippen LogP contribution in [0.1, 0.15) is 51.4 Å². The first-order chi connectivity index (χ1) is 11.0. The second kappa shape index (κ2) is 8.99. The maximum absolute atomic E-state index is 12.2. The third kappa shape index (κ3) is 6.39. The summed E-state index contributed by atoms with van der Waals surface area (Å²) in [5.41, 5.74) is 0. The van der Waals surface area contributed by atoms with Gasteiger partial charge < -0.3 is 10.1 Å². The highest BCUT2D eigenvalue weighted by molar-refractivity contribution is 7.88. The number of hydrogen-bond acceptors (Lipinski definition) is 4. The van der Waals surface area contributed by atoms with Crippen molar-refractivity contribution in [3.8, 4) is 0 Å². The van der Waals surface area contributed by atoms with E-state index >= 15 is 0 Å². The molecule has 0 bridgehead atoms. The maximum atomic E-state index is 12.2. The maximum Gasteiger partial charge on any atom is 0.224 e. The number of carbonyl (C=O) groups excluding carboxylic acids is 1. The summed E-state index contributed by atoms with van der Waals surface area (Å²) in [5.74, 6) is -0.256. The Balaban J connectivity index is 1.60. The number of ether oxygens (including phenoxy) is 1. The van der Waals surface area contributed by atoms with E-state index in [1.165, 1.54) is 29.8 Å².